The molecule has 0 radical (unpaired) electrons. The van der Waals surface area contributed by atoms with Crippen molar-refractivity contribution in [2.24, 2.45) is 0 Å². The number of thiazole rings is 1. The van der Waals surface area contributed by atoms with Crippen molar-refractivity contribution in [3.63, 3.8) is 0 Å². The van der Waals surface area contributed by atoms with Gasteiger partial charge in [0.1, 0.15) is 6.33 Å². The number of rotatable bonds is 6. The predicted octanol–water partition coefficient (Wildman–Crippen LogP) is 1.78. The van der Waals surface area contributed by atoms with Gasteiger partial charge in [0.2, 0.25) is 4.96 Å². The molecule has 8 heteroatoms. The van der Waals surface area contributed by atoms with Gasteiger partial charge < -0.3 is 14.8 Å². The molecule has 0 atom stereocenters. The first-order valence-corrected chi connectivity index (χ1v) is 7.88. The zero-order chi connectivity index (χ0) is 16.2. The van der Waals surface area contributed by atoms with Gasteiger partial charge in [0.25, 0.3) is 5.91 Å². The first kappa shape index (κ1) is 15.3. The second-order valence-electron chi connectivity index (χ2n) is 4.73. The third-order valence-corrected chi connectivity index (χ3v) is 4.28. The van der Waals surface area contributed by atoms with E-state index in [9.17, 15) is 4.79 Å². The van der Waals surface area contributed by atoms with E-state index in [-0.39, 0.29) is 5.91 Å². The number of para-hydroxylation sites is 1. The lowest BCUT2D eigenvalue weighted by molar-refractivity contribution is 0.0950. The van der Waals surface area contributed by atoms with Crippen LogP contribution in [0.2, 0.25) is 0 Å². The molecule has 7 nitrogen and oxygen atoms in total. The topological polar surface area (TPSA) is 77.8 Å². The molecule has 23 heavy (non-hydrogen) atoms. The van der Waals surface area contributed by atoms with E-state index in [4.69, 9.17) is 9.47 Å². The fourth-order valence-electron chi connectivity index (χ4n) is 2.31. The van der Waals surface area contributed by atoms with Gasteiger partial charge >= 0.3 is 0 Å². The Morgan fingerprint density at radius 2 is 2.22 bits per heavy atom. The summed E-state index contributed by atoms with van der Waals surface area (Å²) >= 11 is 1.53. The molecule has 0 aliphatic carbocycles. The molecule has 1 aromatic carbocycles. The van der Waals surface area contributed by atoms with Crippen LogP contribution in [0.15, 0.2) is 29.9 Å². The van der Waals surface area contributed by atoms with Crippen molar-refractivity contribution >= 4 is 22.2 Å². The van der Waals surface area contributed by atoms with Gasteiger partial charge in [0.05, 0.1) is 25.5 Å². The lowest BCUT2D eigenvalue weighted by Gasteiger charge is -2.12. The van der Waals surface area contributed by atoms with Crippen molar-refractivity contribution in [3.8, 4) is 11.5 Å². The summed E-state index contributed by atoms with van der Waals surface area (Å²) in [6.07, 6.45) is 2.19. The van der Waals surface area contributed by atoms with Gasteiger partial charge in [0, 0.05) is 18.3 Å². The molecule has 120 valence electrons. The predicted molar refractivity (Wildman–Crippen MR) is 86.4 cm³/mol. The normalized spacial score (nSPS) is 10.7. The average Bonchev–Trinajstić information content (AvgIpc) is 3.18. The molecule has 3 rings (SSSR count). The van der Waals surface area contributed by atoms with Gasteiger partial charge in [-0.25, -0.2) is 9.50 Å². The number of methoxy groups -OCH3 is 2. The van der Waals surface area contributed by atoms with Crippen molar-refractivity contribution < 1.29 is 14.3 Å². The quantitative estimate of drug-likeness (QED) is 0.744. The highest BCUT2D eigenvalue weighted by Gasteiger charge is 2.16. The maximum Gasteiger partial charge on any atom is 0.255 e. The number of hydrogen-bond acceptors (Lipinski definition) is 6. The molecule has 0 spiro atoms. The third kappa shape index (κ3) is 2.98. The second kappa shape index (κ2) is 6.66. The summed E-state index contributed by atoms with van der Waals surface area (Å²) in [6.45, 7) is 0.491. The van der Waals surface area contributed by atoms with E-state index < -0.39 is 0 Å². The van der Waals surface area contributed by atoms with E-state index in [2.05, 4.69) is 15.4 Å². The molecule has 0 aliphatic heterocycles. The Bertz CT molecular complexity index is 827. The smallest absolute Gasteiger partial charge is 0.255 e. The average molecular weight is 332 g/mol. The van der Waals surface area contributed by atoms with Crippen LogP contribution in [0.1, 0.15) is 16.1 Å². The summed E-state index contributed by atoms with van der Waals surface area (Å²) in [5, 5.41) is 9.03. The third-order valence-electron chi connectivity index (χ3n) is 3.40. The van der Waals surface area contributed by atoms with Crippen molar-refractivity contribution in [1.29, 1.82) is 0 Å². The SMILES string of the molecule is COc1cccc(C(=O)NCCc2csc3ncnn23)c1OC. The summed E-state index contributed by atoms with van der Waals surface area (Å²) in [4.78, 5) is 17.3. The number of carbonyl (C=O) groups excluding carboxylic acids is 1. The standard InChI is InChI=1S/C15H16N4O3S/c1-21-12-5-3-4-11(13(12)22-2)14(20)16-7-6-10-8-23-15-17-9-18-19(10)15/h3-5,8-9H,6-7H2,1-2H3,(H,16,20). The Morgan fingerprint density at radius 1 is 1.35 bits per heavy atom. The van der Waals surface area contributed by atoms with Crippen LogP contribution in [0, 0.1) is 0 Å². The molecule has 0 bridgehead atoms. The van der Waals surface area contributed by atoms with Crippen LogP contribution in [0.25, 0.3) is 4.96 Å². The Morgan fingerprint density at radius 3 is 3.00 bits per heavy atom. The molecule has 2 heterocycles. The van der Waals surface area contributed by atoms with Gasteiger partial charge in [-0.1, -0.05) is 6.07 Å². The summed E-state index contributed by atoms with van der Waals surface area (Å²) in [5.41, 5.74) is 1.46. The number of ether oxygens (including phenoxy) is 2. The fourth-order valence-corrected chi connectivity index (χ4v) is 3.14. The highest BCUT2D eigenvalue weighted by Crippen LogP contribution is 2.30. The van der Waals surface area contributed by atoms with E-state index in [1.54, 1.807) is 29.8 Å². The van der Waals surface area contributed by atoms with Gasteiger partial charge in [-0.2, -0.15) is 5.10 Å². The maximum absolute atomic E-state index is 12.4. The van der Waals surface area contributed by atoms with Crippen molar-refractivity contribution in [2.75, 3.05) is 20.8 Å². The number of nitrogens with one attached hydrogen (secondary N) is 1. The second-order valence-corrected chi connectivity index (χ2v) is 5.56. The number of fused-ring (bicyclic) bond motifs is 1. The molecular formula is C15H16N4O3S. The Balaban J connectivity index is 1.67. The number of benzene rings is 1. The van der Waals surface area contributed by atoms with E-state index in [1.165, 1.54) is 24.8 Å². The van der Waals surface area contributed by atoms with Crippen LogP contribution in [-0.2, 0) is 6.42 Å². The summed E-state index contributed by atoms with van der Waals surface area (Å²) in [7, 11) is 3.06. The summed E-state index contributed by atoms with van der Waals surface area (Å²) in [5.74, 6) is 0.759. The lowest BCUT2D eigenvalue weighted by Crippen LogP contribution is -2.26. The van der Waals surface area contributed by atoms with Crippen molar-refractivity contribution in [1.82, 2.24) is 19.9 Å². The highest BCUT2D eigenvalue weighted by molar-refractivity contribution is 7.15. The summed E-state index contributed by atoms with van der Waals surface area (Å²) in [6, 6.07) is 5.22. The van der Waals surface area contributed by atoms with Crippen LogP contribution in [0.3, 0.4) is 0 Å². The maximum atomic E-state index is 12.4. The molecule has 0 saturated carbocycles. The zero-order valence-electron chi connectivity index (χ0n) is 12.8. The van der Waals surface area contributed by atoms with Crippen LogP contribution in [-0.4, -0.2) is 41.3 Å². The molecule has 1 N–H and O–H groups in total. The minimum Gasteiger partial charge on any atom is -0.493 e. The number of carbonyl (C=O) groups is 1. The van der Waals surface area contributed by atoms with E-state index >= 15 is 0 Å². The fraction of sp³-hybridized carbons (Fsp3) is 0.267. The lowest BCUT2D eigenvalue weighted by atomic mass is 10.1. The first-order chi connectivity index (χ1) is 11.2. The van der Waals surface area contributed by atoms with Gasteiger partial charge in [-0.15, -0.1) is 11.3 Å². The Labute approximate surface area is 136 Å². The van der Waals surface area contributed by atoms with Crippen LogP contribution in [0.5, 0.6) is 11.5 Å². The van der Waals surface area contributed by atoms with Crippen LogP contribution < -0.4 is 14.8 Å². The molecule has 0 saturated heterocycles. The van der Waals surface area contributed by atoms with Crippen molar-refractivity contribution in [2.45, 2.75) is 6.42 Å². The first-order valence-electron chi connectivity index (χ1n) is 7.00. The molecule has 0 unspecified atom stereocenters. The Hall–Kier alpha value is -2.61. The van der Waals surface area contributed by atoms with E-state index in [0.29, 0.717) is 30.0 Å². The minimum atomic E-state index is -0.203. The molecule has 1 amide bonds. The molecular weight excluding hydrogens is 316 g/mol. The number of amides is 1. The van der Waals surface area contributed by atoms with E-state index in [0.717, 1.165) is 10.7 Å². The monoisotopic (exact) mass is 332 g/mol. The molecule has 0 fully saturated rings. The number of aromatic nitrogens is 3. The van der Waals surface area contributed by atoms with Crippen LogP contribution in [0.4, 0.5) is 0 Å². The minimum absolute atomic E-state index is 0.203. The van der Waals surface area contributed by atoms with E-state index in [1.807, 2.05) is 5.38 Å². The van der Waals surface area contributed by atoms with Crippen LogP contribution >= 0.6 is 11.3 Å². The molecule has 3 aromatic rings. The highest BCUT2D eigenvalue weighted by atomic mass is 32.1. The van der Waals surface area contributed by atoms with Gasteiger partial charge in [-0.05, 0) is 12.1 Å². The van der Waals surface area contributed by atoms with Gasteiger partial charge in [0.15, 0.2) is 11.5 Å². The largest absolute Gasteiger partial charge is 0.493 e. The molecule has 0 aliphatic rings. The van der Waals surface area contributed by atoms with Crippen molar-refractivity contribution in [3.05, 3.63) is 41.2 Å². The molecule has 2 aromatic heterocycles. The zero-order valence-corrected chi connectivity index (χ0v) is 13.6. The van der Waals surface area contributed by atoms with Gasteiger partial charge in [-0.3, -0.25) is 4.79 Å². The number of hydrogen-bond donors (Lipinski definition) is 1. The number of nitrogens with zero attached hydrogens (tertiary/aromatic N) is 3. The summed E-state index contributed by atoms with van der Waals surface area (Å²) < 4.78 is 12.3. The Kier molecular flexibility index (Phi) is 4.42.